The van der Waals surface area contributed by atoms with Crippen LogP contribution in [0.25, 0.3) is 0 Å². The number of nitrogens with one attached hydrogen (secondary N) is 1. The molecular weight excluding hydrogens is 252 g/mol. The normalized spacial score (nSPS) is 22.1. The third-order valence-electron chi connectivity index (χ3n) is 4.29. The lowest BCUT2D eigenvalue weighted by molar-refractivity contribution is 0.139. The summed E-state index contributed by atoms with van der Waals surface area (Å²) < 4.78 is 0. The predicted octanol–water partition coefficient (Wildman–Crippen LogP) is 3.97. The van der Waals surface area contributed by atoms with E-state index < -0.39 is 0 Å². The molecule has 1 N–H and O–H groups in total. The molecule has 0 saturated carbocycles. The highest BCUT2D eigenvalue weighted by atomic mass is 32.1. The van der Waals surface area contributed by atoms with E-state index >= 15 is 0 Å². The van der Waals surface area contributed by atoms with E-state index in [1.807, 2.05) is 11.3 Å². The Kier molecular flexibility index (Phi) is 5.43. The van der Waals surface area contributed by atoms with Gasteiger partial charge in [0.2, 0.25) is 0 Å². The van der Waals surface area contributed by atoms with Crippen LogP contribution in [0.1, 0.15) is 56.5 Å². The minimum atomic E-state index is 0.531. The van der Waals surface area contributed by atoms with E-state index in [9.17, 15) is 0 Å². The molecule has 1 aromatic rings. The first-order valence-electron chi connectivity index (χ1n) is 7.62. The molecule has 1 aliphatic rings. The Labute approximate surface area is 122 Å². The van der Waals surface area contributed by atoms with Crippen LogP contribution < -0.4 is 5.32 Å². The van der Waals surface area contributed by atoms with Crippen LogP contribution in [0.3, 0.4) is 0 Å². The molecule has 2 nitrogen and oxygen atoms in total. The van der Waals surface area contributed by atoms with Gasteiger partial charge in [-0.05, 0) is 64.1 Å². The van der Waals surface area contributed by atoms with Crippen LogP contribution in [0.5, 0.6) is 0 Å². The quantitative estimate of drug-likeness (QED) is 0.878. The molecule has 1 fully saturated rings. The van der Waals surface area contributed by atoms with Gasteiger partial charge in [-0.25, -0.2) is 0 Å². The van der Waals surface area contributed by atoms with Crippen molar-refractivity contribution in [2.75, 3.05) is 13.1 Å². The van der Waals surface area contributed by atoms with Gasteiger partial charge in [0.05, 0.1) is 0 Å². The molecular formula is C16H28N2S. The number of piperidine rings is 1. The second-order valence-electron chi connectivity index (χ2n) is 6.08. The van der Waals surface area contributed by atoms with Gasteiger partial charge in [-0.1, -0.05) is 6.42 Å². The summed E-state index contributed by atoms with van der Waals surface area (Å²) in [5.41, 5.74) is 1.44. The second kappa shape index (κ2) is 6.87. The van der Waals surface area contributed by atoms with Gasteiger partial charge in [0.1, 0.15) is 0 Å². The lowest BCUT2D eigenvalue weighted by atomic mass is 10.0. The first-order valence-corrected chi connectivity index (χ1v) is 8.50. The molecule has 19 heavy (non-hydrogen) atoms. The Morgan fingerprint density at radius 3 is 2.68 bits per heavy atom. The van der Waals surface area contributed by atoms with Crippen molar-refractivity contribution >= 4 is 11.3 Å². The molecule has 0 amide bonds. The molecule has 1 aliphatic heterocycles. The molecule has 0 spiro atoms. The van der Waals surface area contributed by atoms with E-state index in [-0.39, 0.29) is 0 Å². The van der Waals surface area contributed by atoms with Gasteiger partial charge < -0.3 is 5.32 Å². The number of aryl methyl sites for hydroxylation is 1. The van der Waals surface area contributed by atoms with Gasteiger partial charge in [-0.2, -0.15) is 0 Å². The van der Waals surface area contributed by atoms with E-state index in [0.29, 0.717) is 18.1 Å². The lowest BCUT2D eigenvalue weighted by Crippen LogP contribution is -2.46. The highest BCUT2D eigenvalue weighted by molar-refractivity contribution is 7.10. The summed E-state index contributed by atoms with van der Waals surface area (Å²) in [4.78, 5) is 4.19. The molecule has 108 valence electrons. The van der Waals surface area contributed by atoms with E-state index in [0.717, 1.165) is 0 Å². The maximum atomic E-state index is 3.68. The van der Waals surface area contributed by atoms with Gasteiger partial charge in [-0.3, -0.25) is 4.90 Å². The number of hydrogen-bond donors (Lipinski definition) is 1. The third-order valence-corrected chi connectivity index (χ3v) is 5.47. The zero-order valence-corrected chi connectivity index (χ0v) is 13.6. The van der Waals surface area contributed by atoms with Crippen LogP contribution in [0, 0.1) is 6.92 Å². The van der Waals surface area contributed by atoms with E-state index in [2.05, 4.69) is 49.4 Å². The SMILES string of the molecule is Cc1ccsc1C(C)N(CC1CCCCN1)C(C)C. The first kappa shape index (κ1) is 15.0. The predicted molar refractivity (Wildman–Crippen MR) is 85.0 cm³/mol. The highest BCUT2D eigenvalue weighted by Crippen LogP contribution is 2.30. The molecule has 0 radical (unpaired) electrons. The van der Waals surface area contributed by atoms with Crippen LogP contribution in [0.15, 0.2) is 11.4 Å². The molecule has 1 saturated heterocycles. The van der Waals surface area contributed by atoms with Crippen LogP contribution >= 0.6 is 11.3 Å². The summed E-state index contributed by atoms with van der Waals surface area (Å²) >= 11 is 1.90. The molecule has 2 atom stereocenters. The second-order valence-corrected chi connectivity index (χ2v) is 7.03. The van der Waals surface area contributed by atoms with Gasteiger partial charge in [0, 0.05) is 29.5 Å². The van der Waals surface area contributed by atoms with Crippen molar-refractivity contribution in [3.8, 4) is 0 Å². The summed E-state index contributed by atoms with van der Waals surface area (Å²) in [6.45, 7) is 11.6. The highest BCUT2D eigenvalue weighted by Gasteiger charge is 2.24. The van der Waals surface area contributed by atoms with Gasteiger partial charge in [-0.15, -0.1) is 11.3 Å². The van der Waals surface area contributed by atoms with Crippen molar-refractivity contribution in [3.63, 3.8) is 0 Å². The lowest BCUT2D eigenvalue weighted by Gasteiger charge is -2.37. The fraction of sp³-hybridized carbons (Fsp3) is 0.750. The molecule has 0 aliphatic carbocycles. The van der Waals surface area contributed by atoms with Crippen molar-refractivity contribution in [1.82, 2.24) is 10.2 Å². The molecule has 0 bridgehead atoms. The van der Waals surface area contributed by atoms with E-state index in [1.54, 1.807) is 0 Å². The Bertz CT molecular complexity index is 380. The van der Waals surface area contributed by atoms with Crippen LogP contribution in [0.2, 0.25) is 0 Å². The fourth-order valence-electron chi connectivity index (χ4n) is 3.11. The molecule has 2 unspecified atom stereocenters. The van der Waals surface area contributed by atoms with Gasteiger partial charge in [0.15, 0.2) is 0 Å². The van der Waals surface area contributed by atoms with Gasteiger partial charge >= 0.3 is 0 Å². The van der Waals surface area contributed by atoms with Crippen molar-refractivity contribution in [2.24, 2.45) is 0 Å². The molecule has 0 aromatic carbocycles. The topological polar surface area (TPSA) is 15.3 Å². The van der Waals surface area contributed by atoms with Crippen molar-refractivity contribution in [2.45, 2.75) is 65.1 Å². The minimum Gasteiger partial charge on any atom is -0.313 e. The zero-order chi connectivity index (χ0) is 13.8. The Hall–Kier alpha value is -0.380. The maximum absolute atomic E-state index is 3.68. The molecule has 3 heteroatoms. The van der Waals surface area contributed by atoms with E-state index in [1.165, 1.54) is 42.8 Å². The standard InChI is InChI=1S/C16H28N2S/c1-12(2)18(11-15-7-5-6-9-17-15)14(4)16-13(3)8-10-19-16/h8,10,12,14-15,17H,5-7,9,11H2,1-4H3. The Morgan fingerprint density at radius 1 is 1.37 bits per heavy atom. The fourth-order valence-corrected chi connectivity index (χ4v) is 4.12. The van der Waals surface area contributed by atoms with Crippen LogP contribution in [-0.2, 0) is 0 Å². The van der Waals surface area contributed by atoms with Gasteiger partial charge in [0.25, 0.3) is 0 Å². The Balaban J connectivity index is 2.04. The number of nitrogens with zero attached hydrogens (tertiary/aromatic N) is 1. The smallest absolute Gasteiger partial charge is 0.0419 e. The monoisotopic (exact) mass is 280 g/mol. The summed E-state index contributed by atoms with van der Waals surface area (Å²) in [6.07, 6.45) is 4.06. The number of rotatable bonds is 5. The third kappa shape index (κ3) is 3.80. The molecule has 1 aromatic heterocycles. The summed E-state index contributed by atoms with van der Waals surface area (Å²) in [5, 5.41) is 5.90. The summed E-state index contributed by atoms with van der Waals surface area (Å²) in [6, 6.07) is 4.05. The minimum absolute atomic E-state index is 0.531. The van der Waals surface area contributed by atoms with Crippen molar-refractivity contribution < 1.29 is 0 Å². The average molecular weight is 280 g/mol. The maximum Gasteiger partial charge on any atom is 0.0419 e. The van der Waals surface area contributed by atoms with Crippen molar-refractivity contribution in [1.29, 1.82) is 0 Å². The summed E-state index contributed by atoms with van der Waals surface area (Å²) in [7, 11) is 0. The van der Waals surface area contributed by atoms with Crippen LogP contribution in [0.4, 0.5) is 0 Å². The zero-order valence-electron chi connectivity index (χ0n) is 12.8. The largest absolute Gasteiger partial charge is 0.313 e. The molecule has 2 heterocycles. The van der Waals surface area contributed by atoms with E-state index in [4.69, 9.17) is 0 Å². The average Bonchev–Trinajstić information content (AvgIpc) is 2.82. The molecule has 2 rings (SSSR count). The van der Waals surface area contributed by atoms with Crippen LogP contribution in [-0.4, -0.2) is 30.1 Å². The van der Waals surface area contributed by atoms with Crippen molar-refractivity contribution in [3.05, 3.63) is 21.9 Å². The Morgan fingerprint density at radius 2 is 2.16 bits per heavy atom. The first-order chi connectivity index (χ1) is 9.09. The number of hydrogen-bond acceptors (Lipinski definition) is 3. The summed E-state index contributed by atoms with van der Waals surface area (Å²) in [5.74, 6) is 0. The number of thiophene rings is 1.